The largest absolute Gasteiger partial charge is 0.370 e. The normalized spacial score (nSPS) is 14.2. The Morgan fingerprint density at radius 1 is 0.487 bits per heavy atom. The maximum absolute atomic E-state index is 14.8. The van der Waals surface area contributed by atoms with E-state index in [-0.39, 0.29) is 69.8 Å². The second kappa shape index (κ2) is 34.1. The summed E-state index contributed by atoms with van der Waals surface area (Å²) in [6.07, 6.45) is 2.29. The number of aliphatic imine (C=N–C) groups is 1. The van der Waals surface area contributed by atoms with Crippen LogP contribution in [0.15, 0.2) is 77.8 Å². The van der Waals surface area contributed by atoms with E-state index in [9.17, 15) is 43.2 Å². The first-order valence-corrected chi connectivity index (χ1v) is 26.6. The van der Waals surface area contributed by atoms with E-state index >= 15 is 0 Å². The van der Waals surface area contributed by atoms with Gasteiger partial charge in [-0.3, -0.25) is 48.1 Å². The zero-order valence-corrected chi connectivity index (χ0v) is 45.1. The molecular formula is C54H83N15O9. The minimum atomic E-state index is -1.49. The van der Waals surface area contributed by atoms with E-state index in [1.807, 2.05) is 38.1 Å². The fraction of sp³-hybridized carbons (Fsp3) is 0.519. The third-order valence-electron chi connectivity index (χ3n) is 12.7. The number of amides is 9. The van der Waals surface area contributed by atoms with Gasteiger partial charge in [0.25, 0.3) is 0 Å². The van der Waals surface area contributed by atoms with Gasteiger partial charge in [-0.1, -0.05) is 93.1 Å². The number of rotatable bonds is 36. The molecule has 0 saturated carbocycles. The number of nitrogens with two attached hydrogens (primary N) is 7. The zero-order valence-electron chi connectivity index (χ0n) is 45.1. The minimum absolute atomic E-state index is 0.0383. The van der Waals surface area contributed by atoms with Gasteiger partial charge in [-0.15, -0.1) is 0 Å². The molecule has 0 radical (unpaired) electrons. The third kappa shape index (κ3) is 23.3. The molecule has 0 spiro atoms. The molecule has 3 aromatic rings. The van der Waals surface area contributed by atoms with Crippen LogP contribution in [0.25, 0.3) is 10.8 Å². The molecule has 8 atom stereocenters. The number of nitrogens with zero attached hydrogens (tertiary/aromatic N) is 1. The summed E-state index contributed by atoms with van der Waals surface area (Å²) < 4.78 is 0. The molecular weight excluding hydrogens is 1000 g/mol. The molecule has 428 valence electrons. The lowest BCUT2D eigenvalue weighted by molar-refractivity contribution is -0.136. The number of benzene rings is 3. The number of hydrogen-bond acceptors (Lipinski definition) is 13. The molecule has 0 unspecified atom stereocenters. The van der Waals surface area contributed by atoms with Crippen molar-refractivity contribution in [2.24, 2.45) is 51.0 Å². The smallest absolute Gasteiger partial charge is 0.243 e. The Kier molecular flexibility index (Phi) is 28.3. The van der Waals surface area contributed by atoms with Crippen LogP contribution in [0.1, 0.15) is 103 Å². The molecule has 24 nitrogen and oxygen atoms in total. The molecule has 0 aromatic heterocycles. The summed E-state index contributed by atoms with van der Waals surface area (Å²) in [7, 11) is 0. The van der Waals surface area contributed by atoms with E-state index in [4.69, 9.17) is 40.1 Å². The number of unbranched alkanes of at least 4 members (excludes halogenated alkanes) is 2. The summed E-state index contributed by atoms with van der Waals surface area (Å²) in [6.45, 7) is 5.93. The summed E-state index contributed by atoms with van der Waals surface area (Å²) >= 11 is 0. The van der Waals surface area contributed by atoms with Gasteiger partial charge in [0.1, 0.15) is 42.3 Å². The molecule has 78 heavy (non-hydrogen) atoms. The predicted octanol–water partition coefficient (Wildman–Crippen LogP) is -1.53. The van der Waals surface area contributed by atoms with Crippen molar-refractivity contribution in [3.05, 3.63) is 83.9 Å². The van der Waals surface area contributed by atoms with Crippen molar-refractivity contribution in [3.63, 3.8) is 0 Å². The van der Waals surface area contributed by atoms with Gasteiger partial charge in [-0.25, -0.2) is 0 Å². The summed E-state index contributed by atoms with van der Waals surface area (Å²) in [5, 5.41) is 20.4. The number of nitrogens with one attached hydrogen (secondary N) is 7. The number of guanidine groups is 1. The third-order valence-corrected chi connectivity index (χ3v) is 12.7. The van der Waals surface area contributed by atoms with Crippen LogP contribution in [0.4, 0.5) is 0 Å². The molecule has 0 aliphatic rings. The minimum Gasteiger partial charge on any atom is -0.370 e. The van der Waals surface area contributed by atoms with E-state index in [2.05, 4.69) is 42.2 Å². The van der Waals surface area contributed by atoms with Crippen LogP contribution < -0.4 is 77.4 Å². The van der Waals surface area contributed by atoms with E-state index in [1.165, 1.54) is 6.92 Å². The van der Waals surface area contributed by atoms with Crippen molar-refractivity contribution >= 4 is 69.9 Å². The van der Waals surface area contributed by atoms with Gasteiger partial charge in [0, 0.05) is 25.8 Å². The summed E-state index contributed by atoms with van der Waals surface area (Å²) in [5.74, 6) is -7.23. The SMILES string of the molecule is CC(C)C[C@@H](NC(=O)[C@H](N)CCCCN)C(=O)N[C@H](Cc1ccccc1)C(=O)N[C@H](CCCN=C(N)N)C(=O)N[C@H](Cc1cccc2ccccc12)C(=O)N[C@H](CCC(N)=O)C(=O)N[C@H](C)C(=O)N[C@H](CCCCN)C(N)=O. The van der Waals surface area contributed by atoms with E-state index in [0.717, 1.165) is 10.8 Å². The van der Waals surface area contributed by atoms with Crippen molar-refractivity contribution in [3.8, 4) is 0 Å². The maximum atomic E-state index is 14.8. The molecule has 0 fully saturated rings. The highest BCUT2D eigenvalue weighted by Gasteiger charge is 2.34. The second-order valence-electron chi connectivity index (χ2n) is 19.8. The molecule has 21 N–H and O–H groups in total. The summed E-state index contributed by atoms with van der Waals surface area (Å²) in [4.78, 5) is 127. The Balaban J connectivity index is 2.04. The van der Waals surface area contributed by atoms with Gasteiger partial charge in [-0.05, 0) is 106 Å². The van der Waals surface area contributed by atoms with E-state index in [1.54, 1.807) is 48.5 Å². The van der Waals surface area contributed by atoms with Crippen LogP contribution in [0.2, 0.25) is 0 Å². The highest BCUT2D eigenvalue weighted by atomic mass is 16.2. The lowest BCUT2D eigenvalue weighted by atomic mass is 9.97. The monoisotopic (exact) mass is 1090 g/mol. The van der Waals surface area contributed by atoms with Gasteiger partial charge in [-0.2, -0.15) is 0 Å². The average molecular weight is 1090 g/mol. The molecule has 9 amide bonds. The molecule has 3 rings (SSSR count). The molecule has 24 heteroatoms. The molecule has 0 saturated heterocycles. The number of fused-ring (bicyclic) bond motifs is 1. The van der Waals surface area contributed by atoms with Gasteiger partial charge in [0.15, 0.2) is 5.96 Å². The second-order valence-corrected chi connectivity index (χ2v) is 19.8. The number of carbonyl (C=O) groups is 9. The van der Waals surface area contributed by atoms with Gasteiger partial charge in [0.05, 0.1) is 6.04 Å². The van der Waals surface area contributed by atoms with Crippen LogP contribution >= 0.6 is 0 Å². The van der Waals surface area contributed by atoms with Gasteiger partial charge in [0.2, 0.25) is 53.2 Å². The zero-order chi connectivity index (χ0) is 57.7. The lowest BCUT2D eigenvalue weighted by Gasteiger charge is -2.28. The first-order valence-electron chi connectivity index (χ1n) is 26.6. The molecule has 3 aromatic carbocycles. The molecule has 0 bridgehead atoms. The van der Waals surface area contributed by atoms with Crippen molar-refractivity contribution in [2.75, 3.05) is 19.6 Å². The Morgan fingerprint density at radius 2 is 0.987 bits per heavy atom. The lowest BCUT2D eigenvalue weighted by Crippen LogP contribution is -2.60. The van der Waals surface area contributed by atoms with Gasteiger partial charge < -0.3 is 77.4 Å². The summed E-state index contributed by atoms with van der Waals surface area (Å²) in [5.41, 5.74) is 40.9. The maximum Gasteiger partial charge on any atom is 0.243 e. The highest BCUT2D eigenvalue weighted by Crippen LogP contribution is 2.21. The number of hydrogen-bond donors (Lipinski definition) is 14. The van der Waals surface area contributed by atoms with Gasteiger partial charge >= 0.3 is 0 Å². The van der Waals surface area contributed by atoms with Crippen molar-refractivity contribution in [2.45, 2.75) is 153 Å². The number of carbonyl (C=O) groups excluding carboxylic acids is 9. The Morgan fingerprint density at radius 3 is 1.59 bits per heavy atom. The van der Waals surface area contributed by atoms with Crippen LogP contribution in [-0.4, -0.2) is 127 Å². The molecule has 0 aliphatic carbocycles. The highest BCUT2D eigenvalue weighted by molar-refractivity contribution is 5.98. The van der Waals surface area contributed by atoms with Crippen molar-refractivity contribution in [1.82, 2.24) is 37.2 Å². The van der Waals surface area contributed by atoms with Crippen LogP contribution in [0, 0.1) is 5.92 Å². The Labute approximate surface area is 456 Å². The topological polar surface area (TPSA) is 432 Å². The predicted molar refractivity (Wildman–Crippen MR) is 298 cm³/mol. The summed E-state index contributed by atoms with van der Waals surface area (Å²) in [6, 6.07) is 11.6. The Hall–Kier alpha value is -7.70. The fourth-order valence-electron chi connectivity index (χ4n) is 8.45. The first kappa shape index (κ1) is 64.6. The first-order chi connectivity index (χ1) is 37.1. The van der Waals surface area contributed by atoms with E-state index < -0.39 is 101 Å². The average Bonchev–Trinajstić information content (AvgIpc) is 3.42. The van der Waals surface area contributed by atoms with E-state index in [0.29, 0.717) is 56.3 Å². The van der Waals surface area contributed by atoms with Crippen LogP contribution in [0.5, 0.6) is 0 Å². The molecule has 0 aliphatic heterocycles. The molecule has 0 heterocycles. The van der Waals surface area contributed by atoms with Crippen molar-refractivity contribution in [1.29, 1.82) is 0 Å². The fourth-order valence-corrected chi connectivity index (χ4v) is 8.45. The Bertz CT molecular complexity index is 2490. The standard InChI is InChI=1S/C54H83N15O9/c1-32(2)29-42(67-48(73)38(57)21-9-11-26-55)51(76)68-43(30-34-15-5-4-6-16-34)52(77)65-40(23-14-28-62-54(60)61)50(75)69-44(31-36-19-13-18-35-17-7-8-20-37(35)36)53(78)66-41(24-25-45(58)70)49(74)63-33(3)47(72)64-39(46(59)71)22-10-12-27-56/h4-8,13,15-20,32-33,38-44H,9-12,14,21-31,55-57H2,1-3H3,(H2,58,70)(H2,59,71)(H,63,74)(H,64,72)(H,65,77)(H,66,78)(H,67,73)(H,68,76)(H,69,75)(H4,60,61,62)/t33-,38-,39-,40-,41-,42-,43-,44-/m1/s1. The number of primary amides is 2. The van der Waals surface area contributed by atoms with Crippen LogP contribution in [0.3, 0.4) is 0 Å². The van der Waals surface area contributed by atoms with Crippen molar-refractivity contribution < 1.29 is 43.2 Å². The van der Waals surface area contributed by atoms with Crippen LogP contribution in [-0.2, 0) is 56.0 Å². The quantitative estimate of drug-likeness (QED) is 0.0179.